The molecule has 1 nitrogen and oxygen atoms in total. The fourth-order valence-electron chi connectivity index (χ4n) is 1.29. The van der Waals surface area contributed by atoms with Gasteiger partial charge >= 0.3 is 0 Å². The number of hydrogen-bond donors (Lipinski definition) is 1. The van der Waals surface area contributed by atoms with Crippen LogP contribution in [0.15, 0.2) is 29.2 Å². The van der Waals surface area contributed by atoms with Gasteiger partial charge in [-0.25, -0.2) is 4.39 Å². The standard InChI is InChI=1S/C13H20FNS/c1-3-11(2)15-9-4-10-16-13-7-5-12(14)6-8-13/h5-8,11,15H,3-4,9-10H2,1-2H3. The van der Waals surface area contributed by atoms with Gasteiger partial charge in [-0.1, -0.05) is 6.92 Å². The highest BCUT2D eigenvalue weighted by Gasteiger charge is 1.97. The minimum Gasteiger partial charge on any atom is -0.314 e. The number of benzene rings is 1. The van der Waals surface area contributed by atoms with E-state index in [0.717, 1.165) is 23.6 Å². The Morgan fingerprint density at radius 3 is 2.62 bits per heavy atom. The van der Waals surface area contributed by atoms with E-state index in [2.05, 4.69) is 19.2 Å². The summed E-state index contributed by atoms with van der Waals surface area (Å²) in [6.07, 6.45) is 2.32. The first kappa shape index (κ1) is 13.5. The van der Waals surface area contributed by atoms with Gasteiger partial charge in [0.05, 0.1) is 0 Å². The molecule has 0 spiro atoms. The van der Waals surface area contributed by atoms with E-state index in [4.69, 9.17) is 0 Å². The van der Waals surface area contributed by atoms with Crippen molar-refractivity contribution in [3.8, 4) is 0 Å². The van der Waals surface area contributed by atoms with Crippen LogP contribution in [0.4, 0.5) is 4.39 Å². The van der Waals surface area contributed by atoms with Gasteiger partial charge in [0.25, 0.3) is 0 Å². The van der Waals surface area contributed by atoms with Crippen molar-refractivity contribution in [1.82, 2.24) is 5.32 Å². The van der Waals surface area contributed by atoms with E-state index in [9.17, 15) is 4.39 Å². The first-order valence-electron chi connectivity index (χ1n) is 5.84. The fraction of sp³-hybridized carbons (Fsp3) is 0.538. The first-order valence-corrected chi connectivity index (χ1v) is 6.82. The zero-order valence-corrected chi connectivity index (χ0v) is 10.8. The molecule has 0 aliphatic rings. The second kappa shape index (κ2) is 7.69. The summed E-state index contributed by atoms with van der Waals surface area (Å²) in [5, 5.41) is 3.45. The van der Waals surface area contributed by atoms with Crippen LogP contribution in [0.2, 0.25) is 0 Å². The molecule has 1 atom stereocenters. The van der Waals surface area contributed by atoms with Gasteiger partial charge in [0.1, 0.15) is 5.82 Å². The maximum absolute atomic E-state index is 12.6. The van der Waals surface area contributed by atoms with Gasteiger partial charge in [0, 0.05) is 10.9 Å². The van der Waals surface area contributed by atoms with E-state index in [1.54, 1.807) is 11.8 Å². The summed E-state index contributed by atoms with van der Waals surface area (Å²) in [7, 11) is 0. The Balaban J connectivity index is 2.09. The molecule has 0 amide bonds. The summed E-state index contributed by atoms with van der Waals surface area (Å²) in [5.74, 6) is 0.914. The third kappa shape index (κ3) is 5.52. The fourth-order valence-corrected chi connectivity index (χ4v) is 2.14. The van der Waals surface area contributed by atoms with Crippen molar-refractivity contribution >= 4 is 11.8 Å². The first-order chi connectivity index (χ1) is 7.72. The third-order valence-electron chi connectivity index (χ3n) is 2.51. The lowest BCUT2D eigenvalue weighted by atomic mass is 10.2. The molecular weight excluding hydrogens is 221 g/mol. The normalized spacial score (nSPS) is 12.7. The van der Waals surface area contributed by atoms with Gasteiger partial charge < -0.3 is 5.32 Å². The van der Waals surface area contributed by atoms with Gasteiger partial charge in [-0.05, 0) is 56.3 Å². The largest absolute Gasteiger partial charge is 0.314 e. The number of nitrogens with one attached hydrogen (secondary N) is 1. The van der Waals surface area contributed by atoms with Crippen molar-refractivity contribution < 1.29 is 4.39 Å². The van der Waals surface area contributed by atoms with Crippen LogP contribution in [-0.4, -0.2) is 18.3 Å². The molecule has 1 N–H and O–H groups in total. The number of rotatable bonds is 7. The maximum atomic E-state index is 12.6. The minimum absolute atomic E-state index is 0.164. The van der Waals surface area contributed by atoms with E-state index >= 15 is 0 Å². The van der Waals surface area contributed by atoms with Crippen LogP contribution in [0.25, 0.3) is 0 Å². The lowest BCUT2D eigenvalue weighted by Crippen LogP contribution is -2.26. The van der Waals surface area contributed by atoms with Crippen molar-refractivity contribution in [3.05, 3.63) is 30.1 Å². The van der Waals surface area contributed by atoms with E-state index in [0.29, 0.717) is 6.04 Å². The summed E-state index contributed by atoms with van der Waals surface area (Å²) in [6.45, 7) is 5.45. The Kier molecular flexibility index (Phi) is 6.50. The zero-order chi connectivity index (χ0) is 11.8. The van der Waals surface area contributed by atoms with Gasteiger partial charge in [0.2, 0.25) is 0 Å². The topological polar surface area (TPSA) is 12.0 Å². The summed E-state index contributed by atoms with van der Waals surface area (Å²) in [6, 6.07) is 7.31. The monoisotopic (exact) mass is 241 g/mol. The molecule has 3 heteroatoms. The molecule has 1 aromatic rings. The summed E-state index contributed by atoms with van der Waals surface area (Å²) in [5.41, 5.74) is 0. The van der Waals surface area contributed by atoms with Crippen LogP contribution in [0, 0.1) is 5.82 Å². The maximum Gasteiger partial charge on any atom is 0.123 e. The summed E-state index contributed by atoms with van der Waals surface area (Å²) >= 11 is 1.78. The van der Waals surface area contributed by atoms with Crippen molar-refractivity contribution in [2.24, 2.45) is 0 Å². The van der Waals surface area contributed by atoms with Crippen molar-refractivity contribution in [1.29, 1.82) is 0 Å². The van der Waals surface area contributed by atoms with E-state index < -0.39 is 0 Å². The quantitative estimate of drug-likeness (QED) is 0.577. The Morgan fingerprint density at radius 1 is 1.31 bits per heavy atom. The molecule has 0 heterocycles. The highest BCUT2D eigenvalue weighted by molar-refractivity contribution is 7.99. The van der Waals surface area contributed by atoms with E-state index in [1.807, 2.05) is 12.1 Å². The molecule has 1 unspecified atom stereocenters. The molecule has 0 radical (unpaired) electrons. The molecule has 90 valence electrons. The minimum atomic E-state index is -0.164. The lowest BCUT2D eigenvalue weighted by Gasteiger charge is -2.10. The molecule has 1 aromatic carbocycles. The second-order valence-corrected chi connectivity index (χ2v) is 5.09. The molecule has 0 aliphatic heterocycles. The molecule has 16 heavy (non-hydrogen) atoms. The van der Waals surface area contributed by atoms with Crippen molar-refractivity contribution in [2.75, 3.05) is 12.3 Å². The average Bonchev–Trinajstić information content (AvgIpc) is 2.31. The molecule has 0 saturated heterocycles. The lowest BCUT2D eigenvalue weighted by molar-refractivity contribution is 0.534. The highest BCUT2D eigenvalue weighted by atomic mass is 32.2. The second-order valence-electron chi connectivity index (χ2n) is 3.92. The van der Waals surface area contributed by atoms with Gasteiger partial charge in [-0.15, -0.1) is 11.8 Å². The third-order valence-corrected chi connectivity index (χ3v) is 3.61. The van der Waals surface area contributed by atoms with Crippen LogP contribution in [0.1, 0.15) is 26.7 Å². The summed E-state index contributed by atoms with van der Waals surface area (Å²) < 4.78 is 12.6. The van der Waals surface area contributed by atoms with Crippen LogP contribution >= 0.6 is 11.8 Å². The van der Waals surface area contributed by atoms with E-state index in [1.165, 1.54) is 18.6 Å². The predicted octanol–water partition coefficient (Wildman–Crippen LogP) is 3.70. The molecule has 0 bridgehead atoms. The van der Waals surface area contributed by atoms with E-state index in [-0.39, 0.29) is 5.82 Å². The Bertz CT molecular complexity index is 286. The average molecular weight is 241 g/mol. The molecule has 0 fully saturated rings. The van der Waals surface area contributed by atoms with Crippen LogP contribution in [0.3, 0.4) is 0 Å². The molecule has 1 rings (SSSR count). The highest BCUT2D eigenvalue weighted by Crippen LogP contribution is 2.18. The zero-order valence-electron chi connectivity index (χ0n) is 10.0. The smallest absolute Gasteiger partial charge is 0.123 e. The van der Waals surface area contributed by atoms with Crippen LogP contribution < -0.4 is 5.32 Å². The molecule has 0 saturated carbocycles. The molecule has 0 aromatic heterocycles. The van der Waals surface area contributed by atoms with Gasteiger partial charge in [0.15, 0.2) is 0 Å². The Hall–Kier alpha value is -0.540. The van der Waals surface area contributed by atoms with Crippen LogP contribution in [-0.2, 0) is 0 Å². The van der Waals surface area contributed by atoms with Gasteiger partial charge in [-0.2, -0.15) is 0 Å². The number of thioether (sulfide) groups is 1. The number of halogens is 1. The predicted molar refractivity (Wildman–Crippen MR) is 69.5 cm³/mol. The van der Waals surface area contributed by atoms with Crippen LogP contribution in [0.5, 0.6) is 0 Å². The van der Waals surface area contributed by atoms with Crippen molar-refractivity contribution in [2.45, 2.75) is 37.6 Å². The van der Waals surface area contributed by atoms with Crippen molar-refractivity contribution in [3.63, 3.8) is 0 Å². The van der Waals surface area contributed by atoms with Gasteiger partial charge in [-0.3, -0.25) is 0 Å². The number of hydrogen-bond acceptors (Lipinski definition) is 2. The SMILES string of the molecule is CCC(C)NCCCSc1ccc(F)cc1. The molecule has 0 aliphatic carbocycles. The Morgan fingerprint density at radius 2 is 2.00 bits per heavy atom. The molecular formula is C13H20FNS. The Labute approximate surface area is 102 Å². The summed E-state index contributed by atoms with van der Waals surface area (Å²) in [4.78, 5) is 1.14.